The Hall–Kier alpha value is -1.69. The van der Waals surface area contributed by atoms with Crippen molar-refractivity contribution in [3.8, 4) is 0 Å². The molecule has 0 spiro atoms. The van der Waals surface area contributed by atoms with E-state index in [2.05, 4.69) is 9.97 Å². The zero-order chi connectivity index (χ0) is 13.2. The van der Waals surface area contributed by atoms with Crippen LogP contribution in [0.3, 0.4) is 0 Å². The van der Waals surface area contributed by atoms with Gasteiger partial charge in [0.2, 0.25) is 0 Å². The summed E-state index contributed by atoms with van der Waals surface area (Å²) in [4.78, 5) is 10.1. The minimum absolute atomic E-state index is 0.108. The Morgan fingerprint density at radius 1 is 1.44 bits per heavy atom. The molecule has 0 saturated heterocycles. The van der Waals surface area contributed by atoms with Gasteiger partial charge in [0.15, 0.2) is 5.82 Å². The van der Waals surface area contributed by atoms with Crippen molar-refractivity contribution < 1.29 is 5.11 Å². The summed E-state index contributed by atoms with van der Waals surface area (Å²) >= 11 is 0. The summed E-state index contributed by atoms with van der Waals surface area (Å²) in [5.41, 5.74) is 5.20. The van der Waals surface area contributed by atoms with Crippen LogP contribution in [-0.2, 0) is 0 Å². The van der Waals surface area contributed by atoms with Gasteiger partial charge in [-0.05, 0) is 12.8 Å². The van der Waals surface area contributed by atoms with E-state index in [0.29, 0.717) is 18.1 Å². The molecule has 18 heavy (non-hydrogen) atoms. The van der Waals surface area contributed by atoms with E-state index in [-0.39, 0.29) is 5.84 Å². The molecule has 4 N–H and O–H groups in total. The van der Waals surface area contributed by atoms with Crippen molar-refractivity contribution >= 4 is 11.7 Å². The number of rotatable bonds is 4. The lowest BCUT2D eigenvalue weighted by Gasteiger charge is -2.29. The van der Waals surface area contributed by atoms with Crippen molar-refractivity contribution in [3.63, 3.8) is 0 Å². The Kier molecular flexibility index (Phi) is 3.47. The molecule has 0 bridgehead atoms. The molecular formula is C12H19N5O. The third-order valence-electron chi connectivity index (χ3n) is 3.36. The molecule has 1 aliphatic carbocycles. The molecule has 0 atom stereocenters. The monoisotopic (exact) mass is 249 g/mol. The van der Waals surface area contributed by atoms with Gasteiger partial charge in [-0.15, -0.1) is 0 Å². The Bertz CT molecular complexity index is 442. The zero-order valence-electron chi connectivity index (χ0n) is 10.6. The van der Waals surface area contributed by atoms with Crippen molar-refractivity contribution in [1.29, 1.82) is 5.41 Å². The molecule has 2 rings (SSSR count). The maximum absolute atomic E-state index is 10.4. The summed E-state index contributed by atoms with van der Waals surface area (Å²) in [5, 5.41) is 17.9. The first kappa shape index (κ1) is 12.8. The highest BCUT2D eigenvalue weighted by Crippen LogP contribution is 2.31. The van der Waals surface area contributed by atoms with Gasteiger partial charge in [-0.1, -0.05) is 12.8 Å². The number of likely N-dealkylation sites (N-methyl/N-ethyl adjacent to an activating group) is 1. The molecular weight excluding hydrogens is 230 g/mol. The molecule has 1 saturated carbocycles. The largest absolute Gasteiger partial charge is 0.388 e. The van der Waals surface area contributed by atoms with Gasteiger partial charge >= 0.3 is 0 Å². The van der Waals surface area contributed by atoms with Crippen molar-refractivity contribution in [2.45, 2.75) is 31.3 Å². The van der Waals surface area contributed by atoms with E-state index in [9.17, 15) is 5.11 Å². The van der Waals surface area contributed by atoms with Crippen molar-refractivity contribution in [3.05, 3.63) is 18.1 Å². The lowest BCUT2D eigenvalue weighted by Crippen LogP contribution is -2.40. The topological polar surface area (TPSA) is 99.1 Å². The Morgan fingerprint density at radius 2 is 2.06 bits per heavy atom. The van der Waals surface area contributed by atoms with E-state index in [4.69, 9.17) is 11.1 Å². The van der Waals surface area contributed by atoms with Crippen LogP contribution in [0, 0.1) is 5.41 Å². The van der Waals surface area contributed by atoms with Crippen molar-refractivity contribution in [2.24, 2.45) is 5.73 Å². The van der Waals surface area contributed by atoms with E-state index >= 15 is 0 Å². The summed E-state index contributed by atoms with van der Waals surface area (Å²) in [5.74, 6) is 0.439. The molecule has 1 heterocycles. The number of anilines is 1. The summed E-state index contributed by atoms with van der Waals surface area (Å²) in [6, 6.07) is 0. The molecule has 1 aliphatic rings. The average Bonchev–Trinajstić information content (AvgIpc) is 2.75. The molecule has 98 valence electrons. The molecule has 0 unspecified atom stereocenters. The van der Waals surface area contributed by atoms with Crippen LogP contribution in [0.2, 0.25) is 0 Å². The van der Waals surface area contributed by atoms with Crippen LogP contribution in [0.15, 0.2) is 12.4 Å². The molecule has 0 aromatic carbocycles. The molecule has 1 aromatic rings. The van der Waals surface area contributed by atoms with Gasteiger partial charge in [0.25, 0.3) is 0 Å². The SMILES string of the molecule is CN(CC1(O)CCCC1)c1nccnc1C(=N)N. The first-order chi connectivity index (χ1) is 8.52. The second-order valence-electron chi connectivity index (χ2n) is 4.93. The molecule has 6 heteroatoms. The van der Waals surface area contributed by atoms with Crippen LogP contribution in [0.4, 0.5) is 5.82 Å². The molecule has 0 amide bonds. The van der Waals surface area contributed by atoms with Crippen LogP contribution in [-0.4, -0.2) is 40.1 Å². The van der Waals surface area contributed by atoms with Crippen LogP contribution in [0.25, 0.3) is 0 Å². The van der Waals surface area contributed by atoms with Gasteiger partial charge in [-0.25, -0.2) is 9.97 Å². The van der Waals surface area contributed by atoms with E-state index in [1.165, 1.54) is 6.20 Å². The predicted molar refractivity (Wildman–Crippen MR) is 69.7 cm³/mol. The van der Waals surface area contributed by atoms with E-state index in [1.54, 1.807) is 6.20 Å². The minimum Gasteiger partial charge on any atom is -0.388 e. The van der Waals surface area contributed by atoms with Crippen molar-refractivity contribution in [2.75, 3.05) is 18.5 Å². The molecule has 6 nitrogen and oxygen atoms in total. The Morgan fingerprint density at radius 3 is 2.67 bits per heavy atom. The number of aliphatic hydroxyl groups is 1. The highest BCUT2D eigenvalue weighted by molar-refractivity contribution is 5.97. The first-order valence-electron chi connectivity index (χ1n) is 6.11. The Balaban J connectivity index is 2.18. The molecule has 1 fully saturated rings. The molecule has 0 aliphatic heterocycles. The predicted octanol–water partition coefficient (Wildman–Crippen LogP) is 0.502. The molecule has 1 aromatic heterocycles. The van der Waals surface area contributed by atoms with Crippen molar-refractivity contribution in [1.82, 2.24) is 9.97 Å². The lowest BCUT2D eigenvalue weighted by atomic mass is 10.0. The van der Waals surface area contributed by atoms with Crippen LogP contribution in [0.1, 0.15) is 31.4 Å². The second-order valence-corrected chi connectivity index (χ2v) is 4.93. The number of nitrogen functional groups attached to an aromatic ring is 1. The fraction of sp³-hybridized carbons (Fsp3) is 0.583. The van der Waals surface area contributed by atoms with Crippen LogP contribution >= 0.6 is 0 Å². The quantitative estimate of drug-likeness (QED) is 0.533. The summed E-state index contributed by atoms with van der Waals surface area (Å²) in [6.07, 6.45) is 6.82. The molecule has 0 radical (unpaired) electrons. The summed E-state index contributed by atoms with van der Waals surface area (Å²) < 4.78 is 0. The minimum atomic E-state index is -0.652. The fourth-order valence-corrected chi connectivity index (χ4v) is 2.51. The number of hydrogen-bond acceptors (Lipinski definition) is 5. The highest BCUT2D eigenvalue weighted by atomic mass is 16.3. The average molecular weight is 249 g/mol. The first-order valence-corrected chi connectivity index (χ1v) is 6.11. The van der Waals surface area contributed by atoms with Gasteiger partial charge in [0.1, 0.15) is 11.5 Å². The van der Waals surface area contributed by atoms with Gasteiger partial charge in [-0.2, -0.15) is 0 Å². The van der Waals surface area contributed by atoms with Gasteiger partial charge < -0.3 is 15.7 Å². The second kappa shape index (κ2) is 4.89. The number of nitrogens with one attached hydrogen (secondary N) is 1. The van der Waals surface area contributed by atoms with Gasteiger partial charge in [-0.3, -0.25) is 5.41 Å². The standard InChI is InChI=1S/C12H19N5O/c1-17(8-12(18)4-2-3-5-12)11-9(10(13)14)15-6-7-16-11/h6-7,18H,2-5,8H2,1H3,(H3,13,14). The maximum atomic E-state index is 10.4. The lowest BCUT2D eigenvalue weighted by molar-refractivity contribution is 0.0558. The fourth-order valence-electron chi connectivity index (χ4n) is 2.51. The van der Waals surface area contributed by atoms with E-state index in [1.807, 2.05) is 11.9 Å². The smallest absolute Gasteiger partial charge is 0.158 e. The third-order valence-corrected chi connectivity index (χ3v) is 3.36. The van der Waals surface area contributed by atoms with Gasteiger partial charge in [0, 0.05) is 26.0 Å². The summed E-state index contributed by atoms with van der Waals surface area (Å²) in [7, 11) is 1.84. The summed E-state index contributed by atoms with van der Waals surface area (Å²) in [6.45, 7) is 0.492. The number of nitrogens with zero attached hydrogens (tertiary/aromatic N) is 3. The van der Waals surface area contributed by atoms with E-state index in [0.717, 1.165) is 25.7 Å². The zero-order valence-corrected chi connectivity index (χ0v) is 10.6. The maximum Gasteiger partial charge on any atom is 0.158 e. The van der Waals surface area contributed by atoms with Crippen LogP contribution in [0.5, 0.6) is 0 Å². The van der Waals surface area contributed by atoms with E-state index < -0.39 is 5.60 Å². The van der Waals surface area contributed by atoms with Crippen LogP contribution < -0.4 is 10.6 Å². The highest BCUT2D eigenvalue weighted by Gasteiger charge is 2.33. The number of amidine groups is 1. The number of nitrogens with two attached hydrogens (primary N) is 1. The normalized spacial score (nSPS) is 17.7. The number of aromatic nitrogens is 2. The number of hydrogen-bond donors (Lipinski definition) is 3. The third kappa shape index (κ3) is 2.59. The van der Waals surface area contributed by atoms with Gasteiger partial charge in [0.05, 0.1) is 5.60 Å². The Labute approximate surface area is 106 Å².